The normalized spacial score (nSPS) is 11.0. The first kappa shape index (κ1) is 24.2. The van der Waals surface area contributed by atoms with E-state index in [1.165, 1.54) is 11.1 Å². The largest absolute Gasteiger partial charge is 0.319 e. The zero-order chi connectivity index (χ0) is 21.4. The molecule has 2 aromatic rings. The summed E-state index contributed by atoms with van der Waals surface area (Å²) in [6.07, 6.45) is 6.01. The monoisotopic (exact) mass is 430 g/mol. The van der Waals surface area contributed by atoms with E-state index >= 15 is 0 Å². The van der Waals surface area contributed by atoms with Gasteiger partial charge in [0.2, 0.25) is 0 Å². The Balaban J connectivity index is 1.45. The fourth-order valence-corrected chi connectivity index (χ4v) is 3.70. The second-order valence-corrected chi connectivity index (χ2v) is 8.37. The highest BCUT2D eigenvalue weighted by Gasteiger charge is 2.09. The van der Waals surface area contributed by atoms with Crippen molar-refractivity contribution in [2.24, 2.45) is 0 Å². The molecule has 0 aromatic heterocycles. The molecule has 30 heavy (non-hydrogen) atoms. The van der Waals surface area contributed by atoms with Gasteiger partial charge in [0.15, 0.2) is 11.6 Å². The lowest BCUT2D eigenvalue weighted by atomic mass is 10.1. The van der Waals surface area contributed by atoms with Crippen LogP contribution in [0.2, 0.25) is 0 Å². The third-order valence-corrected chi connectivity index (χ3v) is 5.49. The van der Waals surface area contributed by atoms with E-state index in [-0.39, 0.29) is 24.8 Å². The lowest BCUT2D eigenvalue weighted by Crippen LogP contribution is -2.08. The van der Waals surface area contributed by atoms with Gasteiger partial charge in [0.1, 0.15) is 13.2 Å². The number of unbranched alkanes of at least 4 members (excludes halogenated alkanes) is 2. The molecule has 2 rings (SSSR count). The third kappa shape index (κ3) is 11.2. The van der Waals surface area contributed by atoms with E-state index in [0.29, 0.717) is 12.8 Å². The van der Waals surface area contributed by atoms with Crippen molar-refractivity contribution in [3.8, 4) is 0 Å². The molecule has 0 spiro atoms. The number of Topliss-reactive ketones (excluding diaryl/α,β-unsaturated/α-hetero) is 2. The fraction of sp³-hybridized carbons (Fsp3) is 0.417. The second-order valence-electron chi connectivity index (χ2n) is 7.29. The Morgan fingerprint density at radius 1 is 0.633 bits per heavy atom. The molecule has 0 fully saturated rings. The van der Waals surface area contributed by atoms with Gasteiger partial charge in [-0.1, -0.05) is 60.7 Å². The minimum absolute atomic E-state index is 0.0998. The number of hydrogen-bond donors (Lipinski definition) is 0. The lowest BCUT2D eigenvalue weighted by molar-refractivity contribution is -0.121. The quantitative estimate of drug-likeness (QED) is 0.264. The second kappa shape index (κ2) is 14.8. The molecule has 0 aliphatic heterocycles. The molecule has 0 radical (unpaired) electrons. The van der Waals surface area contributed by atoms with Crippen molar-refractivity contribution >= 4 is 19.8 Å². The van der Waals surface area contributed by atoms with Crippen LogP contribution in [-0.4, -0.2) is 24.8 Å². The van der Waals surface area contributed by atoms with Crippen molar-refractivity contribution in [1.82, 2.24) is 0 Å². The third-order valence-electron chi connectivity index (χ3n) is 4.73. The number of carbonyl (C=O) groups excluding carboxylic acids is 2. The van der Waals surface area contributed by atoms with Gasteiger partial charge in [-0.05, 0) is 49.7 Å². The molecule has 0 N–H and O–H groups in total. The SMILES string of the molecule is O=C(CCCCc1ccccc1)CO[PH](=O)OCC(=O)CCCCc1ccccc1. The van der Waals surface area contributed by atoms with E-state index < -0.39 is 8.25 Å². The minimum Gasteiger partial charge on any atom is -0.303 e. The van der Waals surface area contributed by atoms with E-state index in [2.05, 4.69) is 24.3 Å². The number of ketones is 2. The van der Waals surface area contributed by atoms with Gasteiger partial charge in [-0.2, -0.15) is 0 Å². The Hall–Kier alpha value is -2.07. The zero-order valence-corrected chi connectivity index (χ0v) is 18.4. The van der Waals surface area contributed by atoms with Crippen LogP contribution in [0.3, 0.4) is 0 Å². The van der Waals surface area contributed by atoms with Gasteiger partial charge in [-0.15, -0.1) is 0 Å². The summed E-state index contributed by atoms with van der Waals surface area (Å²) >= 11 is 0. The van der Waals surface area contributed by atoms with Crippen LogP contribution in [0.1, 0.15) is 49.7 Å². The Morgan fingerprint density at radius 2 is 1.03 bits per heavy atom. The molecule has 5 nitrogen and oxygen atoms in total. The maximum atomic E-state index is 11.8. The van der Waals surface area contributed by atoms with Crippen molar-refractivity contribution < 1.29 is 23.2 Å². The summed E-state index contributed by atoms with van der Waals surface area (Å²) in [6.45, 7) is -0.456. The average molecular weight is 430 g/mol. The molecule has 0 heterocycles. The van der Waals surface area contributed by atoms with Crippen LogP contribution < -0.4 is 0 Å². The molecule has 0 saturated carbocycles. The van der Waals surface area contributed by atoms with Crippen molar-refractivity contribution in [2.75, 3.05) is 13.2 Å². The van der Waals surface area contributed by atoms with Crippen LogP contribution in [-0.2, 0) is 36.0 Å². The molecule has 0 aliphatic carbocycles. The molecule has 2 aromatic carbocycles. The average Bonchev–Trinajstić information content (AvgIpc) is 2.78. The zero-order valence-electron chi connectivity index (χ0n) is 17.4. The van der Waals surface area contributed by atoms with Gasteiger partial charge in [0.25, 0.3) is 0 Å². The topological polar surface area (TPSA) is 69.7 Å². The van der Waals surface area contributed by atoms with Crippen LogP contribution >= 0.6 is 8.25 Å². The Kier molecular flexibility index (Phi) is 12.0. The maximum Gasteiger partial charge on any atom is 0.319 e. The molecule has 0 amide bonds. The van der Waals surface area contributed by atoms with Crippen LogP contribution in [0.15, 0.2) is 60.7 Å². The Bertz CT molecular complexity index is 711. The number of carbonyl (C=O) groups is 2. The van der Waals surface area contributed by atoms with E-state index in [0.717, 1.165) is 38.5 Å². The van der Waals surface area contributed by atoms with Crippen LogP contribution in [0.4, 0.5) is 0 Å². The van der Waals surface area contributed by atoms with Gasteiger partial charge in [0.05, 0.1) is 0 Å². The fourth-order valence-electron chi connectivity index (χ4n) is 3.06. The van der Waals surface area contributed by atoms with Gasteiger partial charge in [0, 0.05) is 12.8 Å². The number of benzene rings is 2. The van der Waals surface area contributed by atoms with Crippen LogP contribution in [0.25, 0.3) is 0 Å². The molecule has 0 saturated heterocycles. The molecule has 6 heteroatoms. The van der Waals surface area contributed by atoms with Gasteiger partial charge < -0.3 is 9.05 Å². The van der Waals surface area contributed by atoms with E-state index in [9.17, 15) is 14.2 Å². The highest BCUT2D eigenvalue weighted by atomic mass is 31.1. The predicted octanol–water partition coefficient (Wildman–Crippen LogP) is 5.37. The number of hydrogen-bond acceptors (Lipinski definition) is 5. The summed E-state index contributed by atoms with van der Waals surface area (Å²) in [5, 5.41) is 0. The molecule has 0 unspecified atom stereocenters. The summed E-state index contributed by atoms with van der Waals surface area (Å²) in [6, 6.07) is 20.2. The summed E-state index contributed by atoms with van der Waals surface area (Å²) < 4.78 is 21.7. The minimum atomic E-state index is -2.82. The van der Waals surface area contributed by atoms with E-state index in [1.807, 2.05) is 36.4 Å². The van der Waals surface area contributed by atoms with Crippen LogP contribution in [0.5, 0.6) is 0 Å². The summed E-state index contributed by atoms with van der Waals surface area (Å²) in [5.74, 6) is -0.200. The van der Waals surface area contributed by atoms with E-state index in [1.54, 1.807) is 0 Å². The summed E-state index contributed by atoms with van der Waals surface area (Å²) in [4.78, 5) is 23.6. The van der Waals surface area contributed by atoms with Crippen molar-refractivity contribution in [3.63, 3.8) is 0 Å². The Morgan fingerprint density at radius 3 is 1.43 bits per heavy atom. The highest BCUT2D eigenvalue weighted by Crippen LogP contribution is 2.23. The number of aryl methyl sites for hydroxylation is 2. The molecule has 0 aliphatic rings. The molecular formula is C24H31O5P. The first-order valence-electron chi connectivity index (χ1n) is 10.5. The predicted molar refractivity (Wildman–Crippen MR) is 119 cm³/mol. The van der Waals surface area contributed by atoms with Gasteiger partial charge in [-0.25, -0.2) is 0 Å². The van der Waals surface area contributed by atoms with E-state index in [4.69, 9.17) is 9.05 Å². The first-order valence-corrected chi connectivity index (χ1v) is 11.8. The number of rotatable bonds is 16. The van der Waals surface area contributed by atoms with Gasteiger partial charge in [-0.3, -0.25) is 14.2 Å². The first-order chi connectivity index (χ1) is 14.6. The smallest absolute Gasteiger partial charge is 0.303 e. The van der Waals surface area contributed by atoms with Crippen molar-refractivity contribution in [1.29, 1.82) is 0 Å². The van der Waals surface area contributed by atoms with Crippen LogP contribution in [0, 0.1) is 0 Å². The molecule has 0 bridgehead atoms. The summed E-state index contributed by atoms with van der Waals surface area (Å²) in [7, 11) is -2.82. The Labute approximate surface area is 179 Å². The standard InChI is InChI=1S/C24H31O5P/c25-23(17-9-7-15-21-11-3-1-4-12-21)19-28-30(27)29-20-24(26)18-10-8-16-22-13-5-2-6-14-22/h1-6,11-14,30H,7-10,15-20H2. The lowest BCUT2D eigenvalue weighted by Gasteiger charge is -2.06. The van der Waals surface area contributed by atoms with Crippen molar-refractivity contribution in [2.45, 2.75) is 51.4 Å². The highest BCUT2D eigenvalue weighted by molar-refractivity contribution is 7.33. The summed E-state index contributed by atoms with van der Waals surface area (Å²) in [5.41, 5.74) is 2.51. The molecular weight excluding hydrogens is 399 g/mol. The van der Waals surface area contributed by atoms with Gasteiger partial charge >= 0.3 is 8.25 Å². The molecule has 0 atom stereocenters. The molecule has 162 valence electrons. The van der Waals surface area contributed by atoms with Crippen molar-refractivity contribution in [3.05, 3.63) is 71.8 Å². The maximum absolute atomic E-state index is 11.8.